The van der Waals surface area contributed by atoms with Gasteiger partial charge in [-0.2, -0.15) is 0 Å². The van der Waals surface area contributed by atoms with Crippen LogP contribution >= 0.6 is 0 Å². The van der Waals surface area contributed by atoms with Crippen LogP contribution in [0.5, 0.6) is 0 Å². The number of fused-ring (bicyclic) bond motifs is 1. The maximum absolute atomic E-state index is 11.7. The second-order valence-electron chi connectivity index (χ2n) is 4.04. The summed E-state index contributed by atoms with van der Waals surface area (Å²) in [7, 11) is 0. The van der Waals surface area contributed by atoms with Crippen molar-refractivity contribution in [1.29, 1.82) is 0 Å². The van der Waals surface area contributed by atoms with Crippen molar-refractivity contribution < 1.29 is 0 Å². The van der Waals surface area contributed by atoms with Crippen molar-refractivity contribution in [2.75, 3.05) is 0 Å². The van der Waals surface area contributed by atoms with Gasteiger partial charge >= 0.3 is 5.69 Å². The molecule has 0 unspecified atom stereocenters. The first kappa shape index (κ1) is 11.4. The van der Waals surface area contributed by atoms with Gasteiger partial charge in [-0.15, -0.1) is 0 Å². The summed E-state index contributed by atoms with van der Waals surface area (Å²) >= 11 is 0. The standard InChI is InChI=1S/C11H14N4O2/c1-4-7-12-8-9(13-7)15(5-6(2)3)11(17)14-10(8)16/h2,4-5H2,1,3H3,(H,12,13)(H,14,16,17). The minimum Gasteiger partial charge on any atom is -0.336 e. The Morgan fingerprint density at radius 3 is 2.71 bits per heavy atom. The van der Waals surface area contributed by atoms with Crippen LogP contribution in [0.4, 0.5) is 0 Å². The zero-order valence-electron chi connectivity index (χ0n) is 9.83. The summed E-state index contributed by atoms with van der Waals surface area (Å²) in [4.78, 5) is 32.7. The van der Waals surface area contributed by atoms with Gasteiger partial charge in [-0.25, -0.2) is 9.78 Å². The van der Waals surface area contributed by atoms with Gasteiger partial charge in [0.15, 0.2) is 5.65 Å². The number of rotatable bonds is 3. The second kappa shape index (κ2) is 4.04. The zero-order chi connectivity index (χ0) is 12.6. The number of imidazole rings is 1. The molecule has 2 aromatic heterocycles. The Bertz CT molecular complexity index is 690. The summed E-state index contributed by atoms with van der Waals surface area (Å²) in [6.45, 7) is 7.85. The smallest absolute Gasteiger partial charge is 0.330 e. The van der Waals surface area contributed by atoms with E-state index in [-0.39, 0.29) is 0 Å². The van der Waals surface area contributed by atoms with Crippen LogP contribution in [0.2, 0.25) is 0 Å². The van der Waals surface area contributed by atoms with Crippen LogP contribution in [0.25, 0.3) is 11.2 Å². The van der Waals surface area contributed by atoms with E-state index in [1.807, 2.05) is 13.8 Å². The van der Waals surface area contributed by atoms with Crippen LogP contribution < -0.4 is 11.2 Å². The molecule has 0 fully saturated rings. The molecule has 0 saturated carbocycles. The predicted octanol–water partition coefficient (Wildman–Crippen LogP) is 0.551. The molecule has 0 spiro atoms. The summed E-state index contributed by atoms with van der Waals surface area (Å²) in [5.41, 5.74) is 0.651. The highest BCUT2D eigenvalue weighted by atomic mass is 16.2. The van der Waals surface area contributed by atoms with E-state index in [4.69, 9.17) is 0 Å². The highest BCUT2D eigenvalue weighted by molar-refractivity contribution is 5.69. The Balaban J connectivity index is 2.81. The molecule has 2 heterocycles. The highest BCUT2D eigenvalue weighted by Gasteiger charge is 2.11. The van der Waals surface area contributed by atoms with Crippen LogP contribution in [0, 0.1) is 0 Å². The minimum atomic E-state index is -0.459. The normalized spacial score (nSPS) is 10.9. The second-order valence-corrected chi connectivity index (χ2v) is 4.04. The molecule has 0 aliphatic heterocycles. The van der Waals surface area contributed by atoms with Crippen molar-refractivity contribution in [1.82, 2.24) is 19.5 Å². The molecule has 2 N–H and O–H groups in total. The van der Waals surface area contributed by atoms with Gasteiger partial charge in [0.2, 0.25) is 0 Å². The summed E-state index contributed by atoms with van der Waals surface area (Å²) in [6, 6.07) is 0. The molecule has 6 heteroatoms. The third-order valence-corrected chi connectivity index (χ3v) is 2.45. The van der Waals surface area contributed by atoms with E-state index in [0.717, 1.165) is 5.57 Å². The number of allylic oxidation sites excluding steroid dienone is 1. The van der Waals surface area contributed by atoms with Gasteiger partial charge in [0, 0.05) is 13.0 Å². The van der Waals surface area contributed by atoms with Gasteiger partial charge < -0.3 is 4.98 Å². The van der Waals surface area contributed by atoms with E-state index in [2.05, 4.69) is 21.5 Å². The Kier molecular flexibility index (Phi) is 2.71. The van der Waals surface area contributed by atoms with Crippen LogP contribution in [-0.4, -0.2) is 19.5 Å². The molecule has 0 aliphatic carbocycles. The topological polar surface area (TPSA) is 83.5 Å². The summed E-state index contributed by atoms with van der Waals surface area (Å²) < 4.78 is 1.41. The minimum absolute atomic E-state index is 0.336. The lowest BCUT2D eigenvalue weighted by Gasteiger charge is -2.04. The molecule has 90 valence electrons. The van der Waals surface area contributed by atoms with E-state index in [1.54, 1.807) is 0 Å². The lowest BCUT2D eigenvalue weighted by atomic mass is 10.3. The SMILES string of the molecule is C=C(C)Cn1c(=O)[nH]c(=O)c2[nH]c(CC)nc21. The van der Waals surface area contributed by atoms with E-state index in [1.165, 1.54) is 4.57 Å². The average Bonchev–Trinajstić information content (AvgIpc) is 2.68. The maximum Gasteiger partial charge on any atom is 0.330 e. The van der Waals surface area contributed by atoms with Crippen molar-refractivity contribution in [3.8, 4) is 0 Å². The van der Waals surface area contributed by atoms with Crippen molar-refractivity contribution in [3.63, 3.8) is 0 Å². The van der Waals surface area contributed by atoms with Crippen LogP contribution in [0.3, 0.4) is 0 Å². The van der Waals surface area contributed by atoms with Crippen molar-refractivity contribution >= 4 is 11.2 Å². The molecule has 0 bridgehead atoms. The maximum atomic E-state index is 11.7. The highest BCUT2D eigenvalue weighted by Crippen LogP contribution is 2.06. The van der Waals surface area contributed by atoms with Crippen molar-refractivity contribution in [2.24, 2.45) is 0 Å². The van der Waals surface area contributed by atoms with Crippen LogP contribution in [0.1, 0.15) is 19.7 Å². The molecule has 0 radical (unpaired) electrons. The number of aromatic nitrogens is 4. The number of hydrogen-bond acceptors (Lipinski definition) is 3. The molecule has 0 amide bonds. The van der Waals surface area contributed by atoms with Gasteiger partial charge in [0.05, 0.1) is 0 Å². The van der Waals surface area contributed by atoms with E-state index in [0.29, 0.717) is 30.0 Å². The fourth-order valence-corrected chi connectivity index (χ4v) is 1.67. The van der Waals surface area contributed by atoms with Crippen LogP contribution in [0.15, 0.2) is 21.7 Å². The number of nitrogens with one attached hydrogen (secondary N) is 2. The number of aryl methyl sites for hydroxylation is 1. The van der Waals surface area contributed by atoms with E-state index in [9.17, 15) is 9.59 Å². The fraction of sp³-hybridized carbons (Fsp3) is 0.364. The molecule has 6 nitrogen and oxygen atoms in total. The molecule has 17 heavy (non-hydrogen) atoms. The predicted molar refractivity (Wildman–Crippen MR) is 65.2 cm³/mol. The van der Waals surface area contributed by atoms with Gasteiger partial charge in [-0.1, -0.05) is 19.1 Å². The van der Waals surface area contributed by atoms with Gasteiger partial charge in [-0.3, -0.25) is 14.3 Å². The average molecular weight is 234 g/mol. The zero-order valence-corrected chi connectivity index (χ0v) is 9.83. The molecule has 2 rings (SSSR count). The number of H-pyrrole nitrogens is 2. The summed E-state index contributed by atoms with van der Waals surface area (Å²) in [5, 5.41) is 0. The van der Waals surface area contributed by atoms with Gasteiger partial charge in [0.25, 0.3) is 5.56 Å². The van der Waals surface area contributed by atoms with E-state index >= 15 is 0 Å². The van der Waals surface area contributed by atoms with Gasteiger partial charge in [-0.05, 0) is 6.92 Å². The first-order valence-electron chi connectivity index (χ1n) is 5.39. The largest absolute Gasteiger partial charge is 0.336 e. The quantitative estimate of drug-likeness (QED) is 0.761. The first-order valence-corrected chi connectivity index (χ1v) is 5.39. The molecular formula is C11H14N4O2. The number of aromatic amines is 2. The van der Waals surface area contributed by atoms with Crippen LogP contribution in [-0.2, 0) is 13.0 Å². The molecule has 0 aliphatic rings. The molecule has 2 aromatic rings. The fourth-order valence-electron chi connectivity index (χ4n) is 1.67. The Morgan fingerprint density at radius 2 is 2.12 bits per heavy atom. The van der Waals surface area contributed by atoms with E-state index < -0.39 is 11.2 Å². The molecule has 0 saturated heterocycles. The number of nitrogens with zero attached hydrogens (tertiary/aromatic N) is 2. The molecular weight excluding hydrogens is 220 g/mol. The Morgan fingerprint density at radius 1 is 1.41 bits per heavy atom. The summed E-state index contributed by atoms with van der Waals surface area (Å²) in [5.74, 6) is 0.687. The first-order chi connectivity index (χ1) is 8.02. The third kappa shape index (κ3) is 1.93. The lowest BCUT2D eigenvalue weighted by Crippen LogP contribution is -2.30. The Labute approximate surface area is 97.0 Å². The van der Waals surface area contributed by atoms with Gasteiger partial charge in [0.1, 0.15) is 11.3 Å². The third-order valence-electron chi connectivity index (χ3n) is 2.45. The lowest BCUT2D eigenvalue weighted by molar-refractivity contribution is 0.738. The summed E-state index contributed by atoms with van der Waals surface area (Å²) in [6.07, 6.45) is 0.676. The van der Waals surface area contributed by atoms with Crippen molar-refractivity contribution in [3.05, 3.63) is 38.8 Å². The molecule has 0 atom stereocenters. The van der Waals surface area contributed by atoms with Crippen molar-refractivity contribution in [2.45, 2.75) is 26.8 Å². The Hall–Kier alpha value is -2.11. The number of hydrogen-bond donors (Lipinski definition) is 2. The monoisotopic (exact) mass is 234 g/mol. The molecule has 0 aromatic carbocycles.